The first-order chi connectivity index (χ1) is 14.0. The van der Waals surface area contributed by atoms with Crippen LogP contribution in [0, 0.1) is 12.7 Å². The molecule has 29 heavy (non-hydrogen) atoms. The molecule has 3 aromatic carbocycles. The lowest BCUT2D eigenvalue weighted by atomic mass is 9.99. The third kappa shape index (κ3) is 5.21. The van der Waals surface area contributed by atoms with E-state index in [0.29, 0.717) is 24.5 Å². The maximum Gasteiger partial charge on any atom is 0.252 e. The molecule has 0 aliphatic carbocycles. The van der Waals surface area contributed by atoms with Crippen molar-refractivity contribution in [3.05, 3.63) is 89.2 Å². The molecule has 0 spiro atoms. The zero-order valence-electron chi connectivity index (χ0n) is 16.6. The largest absolute Gasteiger partial charge is 0.492 e. The number of nitrogens with two attached hydrogens (primary N) is 1. The van der Waals surface area contributed by atoms with E-state index < -0.39 is 0 Å². The van der Waals surface area contributed by atoms with Crippen molar-refractivity contribution >= 4 is 5.91 Å². The standard InChI is InChI=1S/C24H25FN2O2/c1-16-6-11-22(29-13-12-26)15-23(16)24(28)27-17(2)19-4-3-5-20(14-19)18-7-9-21(25)10-8-18/h3-11,14-15,17H,12-13,26H2,1-2H3,(H,27,28)/t17-/m1/s1. The average molecular weight is 392 g/mol. The Hall–Kier alpha value is -3.18. The molecule has 150 valence electrons. The summed E-state index contributed by atoms with van der Waals surface area (Å²) in [6, 6.07) is 19.5. The topological polar surface area (TPSA) is 64.3 Å². The Kier molecular flexibility index (Phi) is 6.62. The van der Waals surface area contributed by atoms with Crippen molar-refractivity contribution in [2.45, 2.75) is 19.9 Å². The van der Waals surface area contributed by atoms with Crippen LogP contribution in [-0.2, 0) is 0 Å². The quantitative estimate of drug-likeness (QED) is 0.616. The zero-order valence-corrected chi connectivity index (χ0v) is 16.6. The predicted molar refractivity (Wildman–Crippen MR) is 113 cm³/mol. The molecule has 5 heteroatoms. The predicted octanol–water partition coefficient (Wildman–Crippen LogP) is 4.63. The van der Waals surface area contributed by atoms with Crippen LogP contribution >= 0.6 is 0 Å². The average Bonchev–Trinajstić information content (AvgIpc) is 2.73. The maximum atomic E-state index is 13.2. The summed E-state index contributed by atoms with van der Waals surface area (Å²) in [5.74, 6) is 0.191. The Balaban J connectivity index is 1.76. The van der Waals surface area contributed by atoms with Crippen molar-refractivity contribution in [1.82, 2.24) is 5.32 Å². The Labute approximate surface area is 170 Å². The first kappa shape index (κ1) is 20.6. The molecule has 1 atom stereocenters. The highest BCUT2D eigenvalue weighted by atomic mass is 19.1. The van der Waals surface area contributed by atoms with Gasteiger partial charge in [-0.05, 0) is 66.4 Å². The smallest absolute Gasteiger partial charge is 0.252 e. The molecule has 0 saturated heterocycles. The molecule has 1 amide bonds. The number of rotatable bonds is 7. The summed E-state index contributed by atoms with van der Waals surface area (Å²) in [5.41, 5.74) is 9.77. The van der Waals surface area contributed by atoms with Gasteiger partial charge in [-0.3, -0.25) is 4.79 Å². The second-order valence-corrected chi connectivity index (χ2v) is 6.94. The number of carbonyl (C=O) groups excluding carboxylic acids is 1. The SMILES string of the molecule is Cc1ccc(OCCN)cc1C(=O)N[C@H](C)c1cccc(-c2ccc(F)cc2)c1. The number of halogens is 1. The zero-order chi connectivity index (χ0) is 20.8. The summed E-state index contributed by atoms with van der Waals surface area (Å²) in [6.45, 7) is 4.64. The summed E-state index contributed by atoms with van der Waals surface area (Å²) in [4.78, 5) is 12.8. The van der Waals surface area contributed by atoms with E-state index in [-0.39, 0.29) is 17.8 Å². The number of hydrogen-bond acceptors (Lipinski definition) is 3. The van der Waals surface area contributed by atoms with E-state index in [1.807, 2.05) is 50.2 Å². The highest BCUT2D eigenvalue weighted by Gasteiger charge is 2.15. The van der Waals surface area contributed by atoms with Gasteiger partial charge < -0.3 is 15.8 Å². The van der Waals surface area contributed by atoms with Gasteiger partial charge in [0.2, 0.25) is 0 Å². The van der Waals surface area contributed by atoms with Crippen LogP contribution in [0.1, 0.15) is 34.5 Å². The minimum absolute atomic E-state index is 0.166. The third-order valence-electron chi connectivity index (χ3n) is 4.75. The molecule has 0 aliphatic heterocycles. The highest BCUT2D eigenvalue weighted by molar-refractivity contribution is 5.96. The van der Waals surface area contributed by atoms with E-state index in [0.717, 1.165) is 22.3 Å². The number of benzene rings is 3. The lowest BCUT2D eigenvalue weighted by Crippen LogP contribution is -2.27. The number of nitrogens with one attached hydrogen (secondary N) is 1. The second-order valence-electron chi connectivity index (χ2n) is 6.94. The summed E-state index contributed by atoms with van der Waals surface area (Å²) < 4.78 is 18.7. The Bertz CT molecular complexity index is 986. The van der Waals surface area contributed by atoms with E-state index >= 15 is 0 Å². The van der Waals surface area contributed by atoms with E-state index in [2.05, 4.69) is 5.32 Å². The van der Waals surface area contributed by atoms with Gasteiger partial charge in [-0.1, -0.05) is 36.4 Å². The number of hydrogen-bond donors (Lipinski definition) is 2. The van der Waals surface area contributed by atoms with Gasteiger partial charge in [0, 0.05) is 12.1 Å². The van der Waals surface area contributed by atoms with Crippen molar-refractivity contribution in [2.75, 3.05) is 13.2 Å². The van der Waals surface area contributed by atoms with E-state index in [9.17, 15) is 9.18 Å². The molecule has 4 nitrogen and oxygen atoms in total. The van der Waals surface area contributed by atoms with E-state index in [4.69, 9.17) is 10.5 Å². The molecule has 0 saturated carbocycles. The van der Waals surface area contributed by atoms with E-state index in [1.54, 1.807) is 18.2 Å². The molecule has 0 aromatic heterocycles. The summed E-state index contributed by atoms with van der Waals surface area (Å²) in [7, 11) is 0. The van der Waals surface area contributed by atoms with Crippen molar-refractivity contribution in [2.24, 2.45) is 5.73 Å². The lowest BCUT2D eigenvalue weighted by Gasteiger charge is -2.17. The van der Waals surface area contributed by atoms with Crippen molar-refractivity contribution in [1.29, 1.82) is 0 Å². The van der Waals surface area contributed by atoms with Gasteiger partial charge in [-0.2, -0.15) is 0 Å². The monoisotopic (exact) mass is 392 g/mol. The fraction of sp³-hybridized carbons (Fsp3) is 0.208. The third-order valence-corrected chi connectivity index (χ3v) is 4.75. The molecular formula is C24H25FN2O2. The molecule has 0 unspecified atom stereocenters. The second kappa shape index (κ2) is 9.34. The summed E-state index contributed by atoms with van der Waals surface area (Å²) in [6.07, 6.45) is 0. The van der Waals surface area contributed by atoms with Gasteiger partial charge in [0.15, 0.2) is 0 Å². The van der Waals surface area contributed by atoms with Crippen molar-refractivity contribution in [3.63, 3.8) is 0 Å². The maximum absolute atomic E-state index is 13.2. The van der Waals surface area contributed by atoms with Gasteiger partial charge in [-0.15, -0.1) is 0 Å². The molecule has 3 rings (SSSR count). The number of amides is 1. The fourth-order valence-electron chi connectivity index (χ4n) is 3.10. The van der Waals surface area contributed by atoms with Crippen molar-refractivity contribution in [3.8, 4) is 16.9 Å². The minimum atomic E-state index is -0.265. The van der Waals surface area contributed by atoms with Crippen molar-refractivity contribution < 1.29 is 13.9 Å². The van der Waals surface area contributed by atoms with Crippen LogP contribution in [0.25, 0.3) is 11.1 Å². The summed E-state index contributed by atoms with van der Waals surface area (Å²) >= 11 is 0. The Morgan fingerprint density at radius 1 is 1.07 bits per heavy atom. The Morgan fingerprint density at radius 3 is 2.55 bits per heavy atom. The number of ether oxygens (including phenoxy) is 1. The fourth-order valence-corrected chi connectivity index (χ4v) is 3.10. The van der Waals surface area contributed by atoms with Crippen LogP contribution in [0.2, 0.25) is 0 Å². The van der Waals surface area contributed by atoms with Crippen LogP contribution in [-0.4, -0.2) is 19.1 Å². The summed E-state index contributed by atoms with van der Waals surface area (Å²) in [5, 5.41) is 3.05. The highest BCUT2D eigenvalue weighted by Crippen LogP contribution is 2.24. The molecule has 0 aliphatic rings. The first-order valence-electron chi connectivity index (χ1n) is 9.58. The van der Waals surface area contributed by atoms with Crippen LogP contribution in [0.5, 0.6) is 5.75 Å². The molecule has 0 radical (unpaired) electrons. The van der Waals surface area contributed by atoms with Gasteiger partial charge >= 0.3 is 0 Å². The molecule has 0 heterocycles. The van der Waals surface area contributed by atoms with Crippen LogP contribution in [0.4, 0.5) is 4.39 Å². The van der Waals surface area contributed by atoms with Gasteiger partial charge in [-0.25, -0.2) is 4.39 Å². The normalized spacial score (nSPS) is 11.7. The molecule has 3 N–H and O–H groups in total. The first-order valence-corrected chi connectivity index (χ1v) is 9.58. The lowest BCUT2D eigenvalue weighted by molar-refractivity contribution is 0.0939. The van der Waals surface area contributed by atoms with Crippen LogP contribution < -0.4 is 15.8 Å². The number of aryl methyl sites for hydroxylation is 1. The van der Waals surface area contributed by atoms with Gasteiger partial charge in [0.25, 0.3) is 5.91 Å². The van der Waals surface area contributed by atoms with Crippen LogP contribution in [0.3, 0.4) is 0 Å². The van der Waals surface area contributed by atoms with Gasteiger partial charge in [0.1, 0.15) is 18.2 Å². The Morgan fingerprint density at radius 2 is 1.83 bits per heavy atom. The van der Waals surface area contributed by atoms with Crippen LogP contribution in [0.15, 0.2) is 66.7 Å². The molecular weight excluding hydrogens is 367 g/mol. The van der Waals surface area contributed by atoms with E-state index in [1.165, 1.54) is 12.1 Å². The molecule has 0 bridgehead atoms. The minimum Gasteiger partial charge on any atom is -0.492 e. The molecule has 3 aromatic rings. The number of carbonyl (C=O) groups is 1. The van der Waals surface area contributed by atoms with Gasteiger partial charge in [0.05, 0.1) is 6.04 Å². The molecule has 0 fully saturated rings.